The fourth-order valence-corrected chi connectivity index (χ4v) is 4.27. The summed E-state index contributed by atoms with van der Waals surface area (Å²) in [7, 11) is 0. The minimum atomic E-state index is -0.295. The summed E-state index contributed by atoms with van der Waals surface area (Å²) < 4.78 is 16.6. The average Bonchev–Trinajstić information content (AvgIpc) is 3.34. The molecule has 0 spiro atoms. The molecule has 0 saturated heterocycles. The Morgan fingerprint density at radius 1 is 0.857 bits per heavy atom. The lowest BCUT2D eigenvalue weighted by molar-refractivity contribution is 0.0888. The predicted octanol–water partition coefficient (Wildman–Crippen LogP) is 3.78. The average molecular weight is 476 g/mol. The van der Waals surface area contributed by atoms with Crippen molar-refractivity contribution in [1.82, 2.24) is 15.6 Å². The van der Waals surface area contributed by atoms with Crippen molar-refractivity contribution in [2.24, 2.45) is 0 Å². The first-order valence-corrected chi connectivity index (χ1v) is 11.5. The highest BCUT2D eigenvalue weighted by atomic mass is 16.7. The van der Waals surface area contributed by atoms with Crippen molar-refractivity contribution in [3.63, 3.8) is 0 Å². The zero-order valence-electron chi connectivity index (χ0n) is 18.9. The van der Waals surface area contributed by atoms with Gasteiger partial charge in [0.15, 0.2) is 11.5 Å². The van der Waals surface area contributed by atoms with E-state index in [0.29, 0.717) is 22.8 Å². The van der Waals surface area contributed by atoms with E-state index in [1.807, 2.05) is 0 Å². The molecule has 1 aromatic heterocycles. The van der Waals surface area contributed by atoms with E-state index in [1.54, 1.807) is 54.7 Å². The summed E-state index contributed by atoms with van der Waals surface area (Å²) in [5, 5.41) is 15.9. The maximum absolute atomic E-state index is 13.0. The summed E-state index contributed by atoms with van der Waals surface area (Å²) in [4.78, 5) is 29.7. The highest BCUT2D eigenvalue weighted by Crippen LogP contribution is 2.36. The minimum Gasteiger partial charge on any atom is -0.507 e. The number of fused-ring (bicyclic) bond motifs is 1. The van der Waals surface area contributed by atoms with Gasteiger partial charge in [-0.15, -0.1) is 0 Å². The maximum atomic E-state index is 13.0. The summed E-state index contributed by atoms with van der Waals surface area (Å²) in [5.74, 6) is 1.31. The lowest BCUT2D eigenvalue weighted by Crippen LogP contribution is -2.43. The summed E-state index contributed by atoms with van der Waals surface area (Å²) in [6.07, 6.45) is 4.44. The number of phenolic OH excluding ortho intramolecular Hbond substituents is 1. The van der Waals surface area contributed by atoms with Crippen LogP contribution in [0.3, 0.4) is 0 Å². The Morgan fingerprint density at radius 2 is 1.51 bits per heavy atom. The number of hydrogen-bond acceptors (Lipinski definition) is 7. The molecule has 35 heavy (non-hydrogen) atoms. The largest absolute Gasteiger partial charge is 0.507 e. The van der Waals surface area contributed by atoms with Gasteiger partial charge in [-0.05, 0) is 62.1 Å². The molecule has 3 N–H and O–H groups in total. The number of phenols is 1. The van der Waals surface area contributed by atoms with Gasteiger partial charge in [-0.1, -0.05) is 12.1 Å². The number of hydrogen-bond donors (Lipinski definition) is 3. The second-order valence-electron chi connectivity index (χ2n) is 8.49. The molecule has 0 bridgehead atoms. The molecule has 1 saturated carbocycles. The molecule has 1 aliphatic carbocycles. The Kier molecular flexibility index (Phi) is 6.38. The molecular formula is C26H25N3O6. The number of ether oxygens (including phenoxy) is 3. The number of pyridine rings is 1. The fraction of sp³-hybridized carbons (Fsp3) is 0.269. The molecule has 2 aromatic carbocycles. The molecule has 3 aromatic rings. The van der Waals surface area contributed by atoms with E-state index >= 15 is 0 Å². The zero-order valence-corrected chi connectivity index (χ0v) is 18.9. The van der Waals surface area contributed by atoms with Crippen LogP contribution in [-0.2, 0) is 0 Å². The first-order valence-electron chi connectivity index (χ1n) is 11.5. The van der Waals surface area contributed by atoms with E-state index in [1.165, 1.54) is 6.07 Å². The first-order chi connectivity index (χ1) is 17.1. The monoisotopic (exact) mass is 475 g/mol. The topological polar surface area (TPSA) is 119 Å². The van der Waals surface area contributed by atoms with Crippen molar-refractivity contribution < 1.29 is 28.9 Å². The number of nitrogens with zero attached hydrogens (tertiary/aromatic N) is 1. The van der Waals surface area contributed by atoms with Gasteiger partial charge in [0.2, 0.25) is 12.7 Å². The van der Waals surface area contributed by atoms with Crippen LogP contribution in [0.1, 0.15) is 46.4 Å². The molecular weight excluding hydrogens is 450 g/mol. The van der Waals surface area contributed by atoms with Crippen LogP contribution in [0, 0.1) is 0 Å². The van der Waals surface area contributed by atoms with Gasteiger partial charge in [0, 0.05) is 24.3 Å². The van der Waals surface area contributed by atoms with E-state index in [0.717, 1.165) is 25.7 Å². The van der Waals surface area contributed by atoms with Crippen molar-refractivity contribution in [3.8, 4) is 28.9 Å². The Balaban J connectivity index is 1.17. The van der Waals surface area contributed by atoms with Crippen molar-refractivity contribution >= 4 is 11.8 Å². The number of benzene rings is 2. The quantitative estimate of drug-likeness (QED) is 0.496. The second kappa shape index (κ2) is 9.92. The van der Waals surface area contributed by atoms with Crippen LogP contribution in [0.25, 0.3) is 0 Å². The lowest BCUT2D eigenvalue weighted by Gasteiger charge is -2.29. The normalized spacial score (nSPS) is 18.5. The number of aromatic hydroxyl groups is 1. The molecule has 2 heterocycles. The van der Waals surface area contributed by atoms with Crippen LogP contribution in [0.4, 0.5) is 0 Å². The number of carbonyl (C=O) groups excluding carboxylic acids is 2. The molecule has 1 aliphatic heterocycles. The number of amides is 2. The highest BCUT2D eigenvalue weighted by Gasteiger charge is 2.26. The molecule has 180 valence electrons. The van der Waals surface area contributed by atoms with Crippen LogP contribution in [0.5, 0.6) is 28.9 Å². The van der Waals surface area contributed by atoms with E-state index in [4.69, 9.17) is 14.2 Å². The third-order valence-electron chi connectivity index (χ3n) is 6.12. The zero-order chi connectivity index (χ0) is 24.2. The Labute approximate surface area is 202 Å². The minimum absolute atomic E-state index is 0.0152. The van der Waals surface area contributed by atoms with Gasteiger partial charge < -0.3 is 30.0 Å². The van der Waals surface area contributed by atoms with Gasteiger partial charge in [0.1, 0.15) is 17.1 Å². The standard InChI is InChI=1S/C26H25N3O6/c30-21-6-2-1-4-19(21)24(31)28-16-7-9-17(10-8-16)29-25(32)20-5-3-13-27-26(20)35-18-11-12-22-23(14-18)34-15-33-22/h1-6,11-14,16-17,30H,7-10,15H2,(H,28,31)(H,29,32). The molecule has 0 radical (unpaired) electrons. The van der Waals surface area contributed by atoms with Crippen LogP contribution < -0.4 is 24.8 Å². The summed E-state index contributed by atoms with van der Waals surface area (Å²) in [5.41, 5.74) is 0.592. The first kappa shape index (κ1) is 22.5. The van der Waals surface area contributed by atoms with Gasteiger partial charge >= 0.3 is 0 Å². The van der Waals surface area contributed by atoms with E-state index < -0.39 is 0 Å². The van der Waals surface area contributed by atoms with Gasteiger partial charge in [0.25, 0.3) is 11.8 Å². The predicted molar refractivity (Wildman–Crippen MR) is 126 cm³/mol. The van der Waals surface area contributed by atoms with E-state index in [-0.39, 0.29) is 47.9 Å². The molecule has 2 aliphatic rings. The number of rotatable bonds is 6. The van der Waals surface area contributed by atoms with Crippen molar-refractivity contribution in [1.29, 1.82) is 0 Å². The number of carbonyl (C=O) groups is 2. The van der Waals surface area contributed by atoms with Gasteiger partial charge in [-0.2, -0.15) is 0 Å². The molecule has 0 atom stereocenters. The van der Waals surface area contributed by atoms with Crippen LogP contribution >= 0.6 is 0 Å². The van der Waals surface area contributed by atoms with E-state index in [9.17, 15) is 14.7 Å². The molecule has 5 rings (SSSR count). The third-order valence-corrected chi connectivity index (χ3v) is 6.12. The van der Waals surface area contributed by atoms with Crippen LogP contribution in [0.2, 0.25) is 0 Å². The van der Waals surface area contributed by atoms with Crippen LogP contribution in [0.15, 0.2) is 60.8 Å². The molecule has 1 fully saturated rings. The van der Waals surface area contributed by atoms with Crippen molar-refractivity contribution in [2.75, 3.05) is 6.79 Å². The SMILES string of the molecule is O=C(NC1CCC(NC(=O)c2cccnc2Oc2ccc3c(c2)OCO3)CC1)c1ccccc1O. The Morgan fingerprint density at radius 3 is 2.26 bits per heavy atom. The summed E-state index contributed by atoms with van der Waals surface area (Å²) in [6, 6.07) is 15.0. The molecule has 0 unspecified atom stereocenters. The molecule has 2 amide bonds. The smallest absolute Gasteiger partial charge is 0.257 e. The maximum Gasteiger partial charge on any atom is 0.257 e. The lowest BCUT2D eigenvalue weighted by atomic mass is 9.90. The fourth-order valence-electron chi connectivity index (χ4n) is 4.27. The van der Waals surface area contributed by atoms with Gasteiger partial charge in [-0.3, -0.25) is 9.59 Å². The molecule has 9 nitrogen and oxygen atoms in total. The van der Waals surface area contributed by atoms with Crippen LogP contribution in [-0.4, -0.2) is 40.8 Å². The third kappa shape index (κ3) is 5.13. The summed E-state index contributed by atoms with van der Waals surface area (Å²) in [6.45, 7) is 0.163. The number of aromatic nitrogens is 1. The number of para-hydroxylation sites is 1. The summed E-state index contributed by atoms with van der Waals surface area (Å²) >= 11 is 0. The van der Waals surface area contributed by atoms with Gasteiger partial charge in [0.05, 0.1) is 5.56 Å². The Hall–Kier alpha value is -4.27. The Bertz CT molecular complexity index is 1240. The second-order valence-corrected chi connectivity index (χ2v) is 8.49. The number of nitrogens with one attached hydrogen (secondary N) is 2. The van der Waals surface area contributed by atoms with Crippen molar-refractivity contribution in [2.45, 2.75) is 37.8 Å². The van der Waals surface area contributed by atoms with E-state index in [2.05, 4.69) is 15.6 Å². The van der Waals surface area contributed by atoms with Gasteiger partial charge in [-0.25, -0.2) is 4.98 Å². The van der Waals surface area contributed by atoms with Crippen molar-refractivity contribution in [3.05, 3.63) is 71.9 Å². The molecule has 9 heteroatoms. The highest BCUT2D eigenvalue weighted by molar-refractivity contribution is 5.97.